The first-order valence-corrected chi connectivity index (χ1v) is 4.22. The standard InChI is InChI=1S/C8H12N4O2/c9-6(10)2-1-4-12-5-3-7(13)11-8(12)14/h3,5H,1-2,4H2,(H3,9,10)(H,11,13,14). The second-order valence-electron chi connectivity index (χ2n) is 2.93. The molecule has 76 valence electrons. The Morgan fingerprint density at radius 1 is 1.57 bits per heavy atom. The van der Waals surface area contributed by atoms with Crippen LogP contribution in [0.25, 0.3) is 0 Å². The van der Waals surface area contributed by atoms with E-state index < -0.39 is 11.2 Å². The number of nitrogens with one attached hydrogen (secondary N) is 2. The number of amidine groups is 1. The molecule has 0 unspecified atom stereocenters. The average molecular weight is 196 g/mol. The van der Waals surface area contributed by atoms with Crippen LogP contribution in [0.4, 0.5) is 0 Å². The Hall–Kier alpha value is -1.85. The molecule has 0 aliphatic carbocycles. The minimum atomic E-state index is -0.430. The van der Waals surface area contributed by atoms with Gasteiger partial charge in [0.2, 0.25) is 0 Å². The van der Waals surface area contributed by atoms with Crippen molar-refractivity contribution in [3.05, 3.63) is 33.1 Å². The van der Waals surface area contributed by atoms with Crippen LogP contribution in [-0.2, 0) is 6.54 Å². The van der Waals surface area contributed by atoms with Gasteiger partial charge >= 0.3 is 5.69 Å². The lowest BCUT2D eigenvalue weighted by Crippen LogP contribution is -2.28. The van der Waals surface area contributed by atoms with Gasteiger partial charge in [0.1, 0.15) is 0 Å². The van der Waals surface area contributed by atoms with Crippen molar-refractivity contribution in [2.24, 2.45) is 5.73 Å². The molecule has 0 saturated carbocycles. The topological polar surface area (TPSA) is 105 Å². The Bertz CT molecular complexity index is 431. The molecule has 14 heavy (non-hydrogen) atoms. The van der Waals surface area contributed by atoms with Gasteiger partial charge in [0, 0.05) is 25.2 Å². The van der Waals surface area contributed by atoms with Crippen molar-refractivity contribution in [2.75, 3.05) is 0 Å². The van der Waals surface area contributed by atoms with E-state index in [1.807, 2.05) is 0 Å². The molecule has 0 atom stereocenters. The van der Waals surface area contributed by atoms with Crippen molar-refractivity contribution in [1.29, 1.82) is 5.41 Å². The van der Waals surface area contributed by atoms with Gasteiger partial charge in [-0.25, -0.2) is 4.79 Å². The molecule has 0 amide bonds. The SMILES string of the molecule is N=C(N)CCCn1ccc(=O)[nH]c1=O. The van der Waals surface area contributed by atoms with E-state index in [0.29, 0.717) is 19.4 Å². The number of nitrogens with zero attached hydrogens (tertiary/aromatic N) is 1. The first-order chi connectivity index (χ1) is 6.59. The second kappa shape index (κ2) is 4.40. The normalized spacial score (nSPS) is 10.0. The summed E-state index contributed by atoms with van der Waals surface area (Å²) in [5.74, 6) is 0.0995. The third-order valence-corrected chi connectivity index (χ3v) is 1.74. The summed E-state index contributed by atoms with van der Waals surface area (Å²) >= 11 is 0. The molecule has 0 aromatic carbocycles. The molecule has 0 aliphatic heterocycles. The maximum atomic E-state index is 11.1. The zero-order valence-electron chi connectivity index (χ0n) is 7.62. The van der Waals surface area contributed by atoms with Gasteiger partial charge in [-0.1, -0.05) is 0 Å². The van der Waals surface area contributed by atoms with Crippen molar-refractivity contribution in [1.82, 2.24) is 9.55 Å². The Morgan fingerprint density at radius 2 is 2.29 bits per heavy atom. The number of rotatable bonds is 4. The predicted molar refractivity (Wildman–Crippen MR) is 52.5 cm³/mol. The monoisotopic (exact) mass is 196 g/mol. The number of hydrogen-bond acceptors (Lipinski definition) is 3. The van der Waals surface area contributed by atoms with E-state index in [1.165, 1.54) is 16.8 Å². The van der Waals surface area contributed by atoms with Crippen LogP contribution in [0.5, 0.6) is 0 Å². The molecule has 0 saturated heterocycles. The zero-order valence-corrected chi connectivity index (χ0v) is 7.62. The maximum absolute atomic E-state index is 11.1. The molecular weight excluding hydrogens is 184 g/mol. The summed E-state index contributed by atoms with van der Waals surface area (Å²) in [5.41, 5.74) is 4.32. The van der Waals surface area contributed by atoms with Gasteiger partial charge < -0.3 is 10.3 Å². The lowest BCUT2D eigenvalue weighted by atomic mass is 10.3. The highest BCUT2D eigenvalue weighted by Crippen LogP contribution is 1.90. The summed E-state index contributed by atoms with van der Waals surface area (Å²) in [5, 5.41) is 6.98. The highest BCUT2D eigenvalue weighted by Gasteiger charge is 1.96. The van der Waals surface area contributed by atoms with Gasteiger partial charge in [-0.05, 0) is 6.42 Å². The fourth-order valence-electron chi connectivity index (χ4n) is 1.06. The predicted octanol–water partition coefficient (Wildman–Crippen LogP) is -0.747. The fourth-order valence-corrected chi connectivity index (χ4v) is 1.06. The van der Waals surface area contributed by atoms with Crippen LogP contribution < -0.4 is 17.0 Å². The van der Waals surface area contributed by atoms with Crippen LogP contribution >= 0.6 is 0 Å². The number of H-pyrrole nitrogens is 1. The molecule has 0 bridgehead atoms. The first-order valence-electron chi connectivity index (χ1n) is 4.22. The minimum absolute atomic E-state index is 0.0995. The third-order valence-electron chi connectivity index (χ3n) is 1.74. The Morgan fingerprint density at radius 3 is 2.86 bits per heavy atom. The molecule has 6 heteroatoms. The van der Waals surface area contributed by atoms with Crippen LogP contribution in [0, 0.1) is 5.41 Å². The summed E-state index contributed by atoms with van der Waals surface area (Å²) in [6.45, 7) is 0.454. The molecule has 1 rings (SSSR count). The lowest BCUT2D eigenvalue weighted by molar-refractivity contribution is 0.615. The zero-order chi connectivity index (χ0) is 10.6. The average Bonchev–Trinajstić information content (AvgIpc) is 2.08. The largest absolute Gasteiger partial charge is 0.388 e. The quantitative estimate of drug-likeness (QED) is 0.436. The molecule has 0 spiro atoms. The molecule has 4 N–H and O–H groups in total. The number of aromatic amines is 1. The number of aryl methyl sites for hydroxylation is 1. The van der Waals surface area contributed by atoms with Crippen LogP contribution in [-0.4, -0.2) is 15.4 Å². The van der Waals surface area contributed by atoms with E-state index in [-0.39, 0.29) is 5.84 Å². The van der Waals surface area contributed by atoms with Crippen molar-refractivity contribution in [3.63, 3.8) is 0 Å². The van der Waals surface area contributed by atoms with E-state index >= 15 is 0 Å². The van der Waals surface area contributed by atoms with Gasteiger partial charge in [-0.3, -0.25) is 15.2 Å². The Balaban J connectivity index is 2.64. The van der Waals surface area contributed by atoms with Crippen LogP contribution in [0.2, 0.25) is 0 Å². The van der Waals surface area contributed by atoms with E-state index in [4.69, 9.17) is 11.1 Å². The highest BCUT2D eigenvalue weighted by molar-refractivity contribution is 5.76. The summed E-state index contributed by atoms with van der Waals surface area (Å²) in [4.78, 5) is 24.0. The van der Waals surface area contributed by atoms with Gasteiger partial charge in [0.15, 0.2) is 0 Å². The smallest absolute Gasteiger partial charge is 0.328 e. The second-order valence-corrected chi connectivity index (χ2v) is 2.93. The Labute approximate surface area is 79.9 Å². The third kappa shape index (κ3) is 2.89. The molecule has 1 aromatic rings. The molecular formula is C8H12N4O2. The molecule has 0 aliphatic rings. The highest BCUT2D eigenvalue weighted by atomic mass is 16.2. The number of nitrogens with two attached hydrogens (primary N) is 1. The van der Waals surface area contributed by atoms with Crippen LogP contribution in [0.3, 0.4) is 0 Å². The fraction of sp³-hybridized carbons (Fsp3) is 0.375. The lowest BCUT2D eigenvalue weighted by Gasteiger charge is -2.02. The number of aromatic nitrogens is 2. The van der Waals surface area contributed by atoms with Crippen LogP contribution in [0.15, 0.2) is 21.9 Å². The number of hydrogen-bond donors (Lipinski definition) is 3. The van der Waals surface area contributed by atoms with Crippen molar-refractivity contribution < 1.29 is 0 Å². The van der Waals surface area contributed by atoms with Gasteiger partial charge in [0.05, 0.1) is 5.84 Å². The summed E-state index contributed by atoms with van der Waals surface area (Å²) < 4.78 is 1.38. The first kappa shape index (κ1) is 10.2. The summed E-state index contributed by atoms with van der Waals surface area (Å²) in [6, 6.07) is 1.29. The summed E-state index contributed by atoms with van der Waals surface area (Å²) in [6.07, 6.45) is 2.49. The van der Waals surface area contributed by atoms with Gasteiger partial charge in [-0.15, -0.1) is 0 Å². The van der Waals surface area contributed by atoms with E-state index in [1.54, 1.807) is 0 Å². The maximum Gasteiger partial charge on any atom is 0.328 e. The van der Waals surface area contributed by atoms with E-state index in [9.17, 15) is 9.59 Å². The van der Waals surface area contributed by atoms with E-state index in [0.717, 1.165) is 0 Å². The van der Waals surface area contributed by atoms with E-state index in [2.05, 4.69) is 4.98 Å². The van der Waals surface area contributed by atoms with Crippen molar-refractivity contribution in [2.45, 2.75) is 19.4 Å². The molecule has 1 heterocycles. The van der Waals surface area contributed by atoms with Crippen molar-refractivity contribution in [3.8, 4) is 0 Å². The molecule has 1 aromatic heterocycles. The van der Waals surface area contributed by atoms with Gasteiger partial charge in [0.25, 0.3) is 5.56 Å². The summed E-state index contributed by atoms with van der Waals surface area (Å²) in [7, 11) is 0. The Kier molecular flexibility index (Phi) is 3.22. The molecule has 0 radical (unpaired) electrons. The van der Waals surface area contributed by atoms with Crippen LogP contribution in [0.1, 0.15) is 12.8 Å². The molecule has 0 fully saturated rings. The molecule has 6 nitrogen and oxygen atoms in total. The van der Waals surface area contributed by atoms with Crippen molar-refractivity contribution >= 4 is 5.84 Å². The minimum Gasteiger partial charge on any atom is -0.388 e. The van der Waals surface area contributed by atoms with Gasteiger partial charge in [-0.2, -0.15) is 0 Å².